The van der Waals surface area contributed by atoms with Crippen LogP contribution in [0.25, 0.3) is 10.2 Å². The van der Waals surface area contributed by atoms with E-state index in [1.807, 2.05) is 12.1 Å². The molecule has 1 fully saturated rings. The number of rotatable bonds is 8. The number of ether oxygens (including phenoxy) is 1. The fourth-order valence-corrected chi connectivity index (χ4v) is 5.08. The number of pyridine rings is 1. The lowest BCUT2D eigenvalue weighted by Crippen LogP contribution is -2.40. The topological polar surface area (TPSA) is 80.2 Å². The molecular weight excluding hydrogens is 422 g/mol. The van der Waals surface area contributed by atoms with Crippen molar-refractivity contribution in [2.24, 2.45) is 5.92 Å². The summed E-state index contributed by atoms with van der Waals surface area (Å²) in [5.41, 5.74) is 2.18. The van der Waals surface area contributed by atoms with E-state index in [0.29, 0.717) is 19.0 Å². The lowest BCUT2D eigenvalue weighted by atomic mass is 9.95. The number of piperidine rings is 1. The van der Waals surface area contributed by atoms with Gasteiger partial charge in [0.2, 0.25) is 11.8 Å². The largest absolute Gasteiger partial charge is 0.477 e. The Kier molecular flexibility index (Phi) is 7.19. The Bertz CT molecular complexity index is 1080. The highest BCUT2D eigenvalue weighted by Crippen LogP contribution is 2.35. The molecule has 170 valence electrons. The van der Waals surface area contributed by atoms with Gasteiger partial charge in [0.25, 0.3) is 0 Å². The van der Waals surface area contributed by atoms with Gasteiger partial charge in [-0.3, -0.25) is 4.79 Å². The highest BCUT2D eigenvalue weighted by Gasteiger charge is 2.27. The van der Waals surface area contributed by atoms with Crippen molar-refractivity contribution >= 4 is 33.3 Å². The first-order valence-corrected chi connectivity index (χ1v) is 12.2. The number of hydrogen-bond acceptors (Lipinski definition) is 7. The molecular formula is C24H31N5O2S. The average molecular weight is 454 g/mol. The van der Waals surface area contributed by atoms with Gasteiger partial charge < -0.3 is 15.0 Å². The predicted octanol–water partition coefficient (Wildman–Crippen LogP) is 4.41. The van der Waals surface area contributed by atoms with Gasteiger partial charge >= 0.3 is 0 Å². The van der Waals surface area contributed by atoms with Crippen molar-refractivity contribution in [1.82, 2.24) is 20.3 Å². The zero-order valence-corrected chi connectivity index (χ0v) is 19.9. The number of anilines is 1. The summed E-state index contributed by atoms with van der Waals surface area (Å²) in [7, 11) is 0. The smallest absolute Gasteiger partial charge is 0.223 e. The summed E-state index contributed by atoms with van der Waals surface area (Å²) in [6, 6.07) is 3.84. The number of hydrogen-bond donors (Lipinski definition) is 1. The van der Waals surface area contributed by atoms with Crippen LogP contribution in [0.1, 0.15) is 48.6 Å². The van der Waals surface area contributed by atoms with Crippen LogP contribution in [0.3, 0.4) is 0 Å². The minimum absolute atomic E-state index is 0.00928. The normalized spacial score (nSPS) is 14.7. The zero-order chi connectivity index (χ0) is 22.5. The van der Waals surface area contributed by atoms with Gasteiger partial charge in [-0.25, -0.2) is 15.0 Å². The van der Waals surface area contributed by atoms with Crippen LogP contribution in [0.15, 0.2) is 24.7 Å². The van der Waals surface area contributed by atoms with Gasteiger partial charge in [0.15, 0.2) is 0 Å². The highest BCUT2D eigenvalue weighted by molar-refractivity contribution is 7.18. The number of unbranched alkanes of at least 4 members (excludes halogenated alkanes) is 1. The Morgan fingerprint density at radius 1 is 1.25 bits per heavy atom. The molecule has 0 atom stereocenters. The average Bonchev–Trinajstić information content (AvgIpc) is 3.12. The van der Waals surface area contributed by atoms with Crippen LogP contribution in [-0.4, -0.2) is 40.6 Å². The summed E-state index contributed by atoms with van der Waals surface area (Å²) in [6.07, 6.45) is 7.07. The van der Waals surface area contributed by atoms with Crippen molar-refractivity contribution < 1.29 is 9.53 Å². The van der Waals surface area contributed by atoms with Gasteiger partial charge in [-0.15, -0.1) is 11.3 Å². The molecule has 0 aromatic carbocycles. The molecule has 1 aliphatic rings. The molecule has 1 aliphatic heterocycles. The molecule has 0 spiro atoms. The molecule has 1 amide bonds. The number of carbonyl (C=O) groups excluding carboxylic acids is 1. The number of thiophene rings is 1. The lowest BCUT2D eigenvalue weighted by molar-refractivity contribution is -0.125. The third-order valence-electron chi connectivity index (χ3n) is 6.15. The third-order valence-corrected chi connectivity index (χ3v) is 7.27. The minimum Gasteiger partial charge on any atom is -0.477 e. The quantitative estimate of drug-likeness (QED) is 0.509. The predicted molar refractivity (Wildman–Crippen MR) is 128 cm³/mol. The maximum Gasteiger partial charge on any atom is 0.223 e. The van der Waals surface area contributed by atoms with E-state index in [2.05, 4.69) is 45.9 Å². The van der Waals surface area contributed by atoms with E-state index in [1.165, 1.54) is 10.4 Å². The van der Waals surface area contributed by atoms with Crippen molar-refractivity contribution in [3.63, 3.8) is 0 Å². The van der Waals surface area contributed by atoms with Crippen LogP contribution in [0.2, 0.25) is 0 Å². The first kappa shape index (κ1) is 22.5. The number of carbonyl (C=O) groups is 1. The van der Waals surface area contributed by atoms with E-state index < -0.39 is 0 Å². The summed E-state index contributed by atoms with van der Waals surface area (Å²) in [5, 5.41) is 4.25. The minimum atomic E-state index is 0.00928. The van der Waals surface area contributed by atoms with E-state index >= 15 is 0 Å². The molecule has 32 heavy (non-hydrogen) atoms. The number of nitrogens with zero attached hydrogens (tertiary/aromatic N) is 4. The Labute approximate surface area is 193 Å². The molecule has 4 rings (SSSR count). The third kappa shape index (κ3) is 4.85. The molecule has 8 heteroatoms. The van der Waals surface area contributed by atoms with E-state index in [-0.39, 0.29) is 11.8 Å². The van der Waals surface area contributed by atoms with Gasteiger partial charge in [-0.1, -0.05) is 19.4 Å². The van der Waals surface area contributed by atoms with Crippen LogP contribution in [0.5, 0.6) is 5.88 Å². The summed E-state index contributed by atoms with van der Waals surface area (Å²) >= 11 is 1.72. The van der Waals surface area contributed by atoms with E-state index in [1.54, 1.807) is 23.9 Å². The Hall–Kier alpha value is -2.74. The summed E-state index contributed by atoms with van der Waals surface area (Å²) in [6.45, 7) is 9.11. The Morgan fingerprint density at radius 2 is 2.06 bits per heavy atom. The molecule has 1 N–H and O–H groups in total. The maximum atomic E-state index is 12.8. The number of nitrogens with one attached hydrogen (secondary N) is 1. The van der Waals surface area contributed by atoms with Crippen molar-refractivity contribution in [1.29, 1.82) is 0 Å². The molecule has 0 bridgehead atoms. The molecule has 4 heterocycles. The zero-order valence-electron chi connectivity index (χ0n) is 19.1. The van der Waals surface area contributed by atoms with Gasteiger partial charge in [0, 0.05) is 42.2 Å². The van der Waals surface area contributed by atoms with E-state index in [9.17, 15) is 4.79 Å². The molecule has 0 aliphatic carbocycles. The molecule has 7 nitrogen and oxygen atoms in total. The summed E-state index contributed by atoms with van der Waals surface area (Å²) in [5.74, 6) is 1.73. The van der Waals surface area contributed by atoms with Crippen LogP contribution >= 0.6 is 11.3 Å². The van der Waals surface area contributed by atoms with E-state index in [0.717, 1.165) is 60.4 Å². The van der Waals surface area contributed by atoms with Crippen molar-refractivity contribution in [2.45, 2.75) is 53.0 Å². The fraction of sp³-hybridized carbons (Fsp3) is 0.500. The molecule has 0 saturated carbocycles. The van der Waals surface area contributed by atoms with Crippen LogP contribution in [0, 0.1) is 19.8 Å². The number of aryl methyl sites for hydroxylation is 2. The van der Waals surface area contributed by atoms with Crippen molar-refractivity contribution in [2.75, 3.05) is 24.6 Å². The molecule has 3 aromatic heterocycles. The van der Waals surface area contributed by atoms with Crippen molar-refractivity contribution in [3.8, 4) is 5.88 Å². The first-order chi connectivity index (χ1) is 15.6. The fourth-order valence-electron chi connectivity index (χ4n) is 4.09. The Balaban J connectivity index is 1.34. The van der Waals surface area contributed by atoms with Crippen LogP contribution in [0.4, 0.5) is 5.82 Å². The van der Waals surface area contributed by atoms with Gasteiger partial charge in [0.05, 0.1) is 12.0 Å². The summed E-state index contributed by atoms with van der Waals surface area (Å²) in [4.78, 5) is 30.8. The van der Waals surface area contributed by atoms with Gasteiger partial charge in [0.1, 0.15) is 17.0 Å². The van der Waals surface area contributed by atoms with Crippen molar-refractivity contribution in [3.05, 3.63) is 40.7 Å². The number of amides is 1. The van der Waals surface area contributed by atoms with Crippen LogP contribution in [-0.2, 0) is 11.3 Å². The van der Waals surface area contributed by atoms with E-state index in [4.69, 9.17) is 4.74 Å². The molecule has 3 aromatic rings. The SMILES string of the molecule is CCCCOc1ncccc1CNC(=O)C1CCN(c2ncnc3sc(C)c(C)c23)CC1. The second-order valence-corrected chi connectivity index (χ2v) is 9.51. The van der Waals surface area contributed by atoms with Crippen LogP contribution < -0.4 is 15.0 Å². The lowest BCUT2D eigenvalue weighted by Gasteiger charge is -2.32. The first-order valence-electron chi connectivity index (χ1n) is 11.4. The maximum absolute atomic E-state index is 12.8. The molecule has 0 unspecified atom stereocenters. The molecule has 1 saturated heterocycles. The Morgan fingerprint density at radius 3 is 2.84 bits per heavy atom. The number of fused-ring (bicyclic) bond motifs is 1. The highest BCUT2D eigenvalue weighted by atomic mass is 32.1. The second-order valence-electron chi connectivity index (χ2n) is 8.31. The molecule has 0 radical (unpaired) electrons. The monoisotopic (exact) mass is 453 g/mol. The second kappa shape index (κ2) is 10.3. The standard InChI is InChI=1S/C24H31N5O2S/c1-4-5-13-31-23-19(7-6-10-25-23)14-26-22(30)18-8-11-29(12-9-18)21-20-16(2)17(3)32-24(20)28-15-27-21/h6-7,10,15,18H,4-5,8-9,11-14H2,1-3H3,(H,26,30). The van der Waals surface area contributed by atoms with Gasteiger partial charge in [-0.05, 0) is 44.7 Å². The number of aromatic nitrogens is 3. The van der Waals surface area contributed by atoms with Gasteiger partial charge in [-0.2, -0.15) is 0 Å². The summed E-state index contributed by atoms with van der Waals surface area (Å²) < 4.78 is 5.78.